The van der Waals surface area contributed by atoms with Crippen LogP contribution in [0.4, 0.5) is 8.78 Å². The summed E-state index contributed by atoms with van der Waals surface area (Å²) in [6.07, 6.45) is 4.38. The number of halogens is 2. The Morgan fingerprint density at radius 3 is 2.30 bits per heavy atom. The Bertz CT molecular complexity index is 875. The minimum absolute atomic E-state index is 0.0109. The molecule has 3 rings (SSSR count). The minimum Gasteiger partial charge on any atom is -0.507 e. The van der Waals surface area contributed by atoms with Gasteiger partial charge in [-0.05, 0) is 87.8 Å². The molecular weight excluding hydrogens is 388 g/mol. The smallest absolute Gasteiger partial charge is 0.166 e. The van der Waals surface area contributed by atoms with E-state index < -0.39 is 5.82 Å². The molecule has 0 saturated carbocycles. The van der Waals surface area contributed by atoms with Crippen molar-refractivity contribution in [1.82, 2.24) is 4.90 Å². The van der Waals surface area contributed by atoms with Gasteiger partial charge in [-0.1, -0.05) is 6.42 Å². The SMILES string of the molecule is O=C(CCCCCN1CCC(C(=O)c2ccc(F)cc2)CC1)c1cc(F)ccc1O. The van der Waals surface area contributed by atoms with Crippen LogP contribution in [0.5, 0.6) is 5.75 Å². The lowest BCUT2D eigenvalue weighted by Gasteiger charge is -2.31. The zero-order valence-corrected chi connectivity index (χ0v) is 16.9. The number of benzene rings is 2. The number of carbonyl (C=O) groups is 2. The van der Waals surface area contributed by atoms with Crippen molar-refractivity contribution in [3.63, 3.8) is 0 Å². The van der Waals surface area contributed by atoms with Crippen LogP contribution in [0.25, 0.3) is 0 Å². The number of Topliss-reactive ketones (excluding diaryl/α,β-unsaturated/α-hetero) is 2. The van der Waals surface area contributed by atoms with Crippen molar-refractivity contribution in [2.75, 3.05) is 19.6 Å². The third-order valence-corrected chi connectivity index (χ3v) is 5.72. The van der Waals surface area contributed by atoms with Gasteiger partial charge in [-0.25, -0.2) is 8.78 Å². The van der Waals surface area contributed by atoms with Crippen LogP contribution in [0.3, 0.4) is 0 Å². The zero-order chi connectivity index (χ0) is 21.5. The molecule has 1 heterocycles. The van der Waals surface area contributed by atoms with E-state index >= 15 is 0 Å². The summed E-state index contributed by atoms with van der Waals surface area (Å²) in [6.45, 7) is 2.62. The number of phenols is 1. The average Bonchev–Trinajstić information content (AvgIpc) is 2.75. The number of hydrogen-bond donors (Lipinski definition) is 1. The number of rotatable bonds is 9. The van der Waals surface area contributed by atoms with Gasteiger partial charge < -0.3 is 10.0 Å². The molecule has 0 radical (unpaired) electrons. The van der Waals surface area contributed by atoms with Gasteiger partial charge in [0.2, 0.25) is 0 Å². The fourth-order valence-electron chi connectivity index (χ4n) is 3.93. The Balaban J connectivity index is 1.33. The molecule has 0 aliphatic carbocycles. The van der Waals surface area contributed by atoms with Crippen molar-refractivity contribution in [2.45, 2.75) is 38.5 Å². The molecule has 0 amide bonds. The van der Waals surface area contributed by atoms with E-state index in [9.17, 15) is 23.5 Å². The molecule has 2 aromatic rings. The highest BCUT2D eigenvalue weighted by atomic mass is 19.1. The van der Waals surface area contributed by atoms with Crippen LogP contribution in [-0.4, -0.2) is 41.2 Å². The van der Waals surface area contributed by atoms with Crippen molar-refractivity contribution < 1.29 is 23.5 Å². The lowest BCUT2D eigenvalue weighted by molar-refractivity contribution is 0.0839. The van der Waals surface area contributed by atoms with Crippen molar-refractivity contribution in [1.29, 1.82) is 0 Å². The first kappa shape index (κ1) is 22.1. The first-order chi connectivity index (χ1) is 14.4. The predicted molar refractivity (Wildman–Crippen MR) is 111 cm³/mol. The first-order valence-corrected chi connectivity index (χ1v) is 10.5. The fourth-order valence-corrected chi connectivity index (χ4v) is 3.93. The molecule has 0 bridgehead atoms. The van der Waals surface area contributed by atoms with Gasteiger partial charge in [-0.2, -0.15) is 0 Å². The van der Waals surface area contributed by atoms with Crippen molar-refractivity contribution in [2.24, 2.45) is 5.92 Å². The maximum absolute atomic E-state index is 13.2. The van der Waals surface area contributed by atoms with E-state index in [1.54, 1.807) is 12.1 Å². The normalized spacial score (nSPS) is 15.3. The molecule has 0 atom stereocenters. The second kappa shape index (κ2) is 10.4. The van der Waals surface area contributed by atoms with E-state index in [0.29, 0.717) is 12.0 Å². The van der Waals surface area contributed by atoms with E-state index in [0.717, 1.165) is 57.5 Å². The molecule has 0 unspecified atom stereocenters. The molecular formula is C24H27F2NO3. The van der Waals surface area contributed by atoms with Gasteiger partial charge in [-0.3, -0.25) is 9.59 Å². The molecule has 160 valence electrons. The van der Waals surface area contributed by atoms with Crippen molar-refractivity contribution in [3.05, 3.63) is 65.2 Å². The van der Waals surface area contributed by atoms with E-state index in [1.807, 2.05) is 0 Å². The molecule has 30 heavy (non-hydrogen) atoms. The number of nitrogens with zero attached hydrogens (tertiary/aromatic N) is 1. The standard InChI is InChI=1S/C24H27F2NO3/c25-19-7-5-17(6-8-19)24(30)18-11-14-27(15-12-18)13-3-1-2-4-22(28)21-16-20(26)9-10-23(21)29/h5-10,16,18,29H,1-4,11-15H2. The van der Waals surface area contributed by atoms with Gasteiger partial charge in [0.05, 0.1) is 5.56 Å². The first-order valence-electron chi connectivity index (χ1n) is 10.5. The summed E-state index contributed by atoms with van der Waals surface area (Å²) in [5, 5.41) is 9.69. The van der Waals surface area contributed by atoms with Crippen LogP contribution in [0.2, 0.25) is 0 Å². The maximum Gasteiger partial charge on any atom is 0.166 e. The van der Waals surface area contributed by atoms with E-state index in [2.05, 4.69) is 4.90 Å². The van der Waals surface area contributed by atoms with Crippen LogP contribution in [0.15, 0.2) is 42.5 Å². The Morgan fingerprint density at radius 1 is 0.933 bits per heavy atom. The number of carbonyl (C=O) groups excluding carboxylic acids is 2. The Kier molecular flexibility index (Phi) is 7.69. The van der Waals surface area contributed by atoms with Crippen molar-refractivity contribution >= 4 is 11.6 Å². The number of likely N-dealkylation sites (tertiary alicyclic amines) is 1. The van der Waals surface area contributed by atoms with Gasteiger partial charge in [-0.15, -0.1) is 0 Å². The molecule has 0 aromatic heterocycles. The number of ketones is 2. The van der Waals surface area contributed by atoms with Crippen LogP contribution >= 0.6 is 0 Å². The summed E-state index contributed by atoms with van der Waals surface area (Å²) < 4.78 is 26.3. The van der Waals surface area contributed by atoms with Gasteiger partial charge in [0.25, 0.3) is 0 Å². The summed E-state index contributed by atoms with van der Waals surface area (Å²) in [5.74, 6) is -1.21. The summed E-state index contributed by atoms with van der Waals surface area (Å²) >= 11 is 0. The highest BCUT2D eigenvalue weighted by Gasteiger charge is 2.25. The maximum atomic E-state index is 13.2. The molecule has 1 aliphatic heterocycles. The number of phenolic OH excluding ortho intramolecular Hbond substituents is 1. The monoisotopic (exact) mass is 415 g/mol. The highest BCUT2D eigenvalue weighted by Crippen LogP contribution is 2.23. The summed E-state index contributed by atoms with van der Waals surface area (Å²) in [4.78, 5) is 27.0. The molecule has 1 N–H and O–H groups in total. The topological polar surface area (TPSA) is 57.6 Å². The summed E-state index contributed by atoms with van der Waals surface area (Å²) in [5.41, 5.74) is 0.617. The zero-order valence-electron chi connectivity index (χ0n) is 16.9. The molecule has 6 heteroatoms. The predicted octanol–water partition coefficient (Wildman–Crippen LogP) is 5.01. The number of aromatic hydroxyl groups is 1. The van der Waals surface area contributed by atoms with E-state index in [-0.39, 0.29) is 41.0 Å². The second-order valence-corrected chi connectivity index (χ2v) is 7.88. The van der Waals surface area contributed by atoms with Gasteiger partial charge in [0.15, 0.2) is 11.6 Å². The van der Waals surface area contributed by atoms with Crippen molar-refractivity contribution in [3.8, 4) is 5.75 Å². The van der Waals surface area contributed by atoms with Crippen LogP contribution < -0.4 is 0 Å². The fraction of sp³-hybridized carbons (Fsp3) is 0.417. The molecule has 1 fully saturated rings. The Labute approximate surface area is 175 Å². The molecule has 2 aromatic carbocycles. The molecule has 4 nitrogen and oxygen atoms in total. The second-order valence-electron chi connectivity index (χ2n) is 7.88. The number of piperidine rings is 1. The summed E-state index contributed by atoms with van der Waals surface area (Å²) in [6, 6.07) is 9.15. The van der Waals surface area contributed by atoms with E-state index in [1.165, 1.54) is 18.2 Å². The lowest BCUT2D eigenvalue weighted by atomic mass is 9.89. The minimum atomic E-state index is -0.530. The summed E-state index contributed by atoms with van der Waals surface area (Å²) in [7, 11) is 0. The largest absolute Gasteiger partial charge is 0.507 e. The van der Waals surface area contributed by atoms with Crippen LogP contribution in [-0.2, 0) is 0 Å². The van der Waals surface area contributed by atoms with Gasteiger partial charge in [0, 0.05) is 17.9 Å². The van der Waals surface area contributed by atoms with Crippen LogP contribution in [0.1, 0.15) is 59.2 Å². The Morgan fingerprint density at radius 2 is 1.60 bits per heavy atom. The Hall–Kier alpha value is -2.60. The van der Waals surface area contributed by atoms with E-state index in [4.69, 9.17) is 0 Å². The molecule has 1 saturated heterocycles. The van der Waals surface area contributed by atoms with Gasteiger partial charge >= 0.3 is 0 Å². The number of hydrogen-bond acceptors (Lipinski definition) is 4. The third-order valence-electron chi connectivity index (χ3n) is 5.72. The third kappa shape index (κ3) is 5.95. The number of unbranched alkanes of at least 4 members (excludes halogenated alkanes) is 2. The highest BCUT2D eigenvalue weighted by molar-refractivity contribution is 5.98. The molecule has 1 aliphatic rings. The van der Waals surface area contributed by atoms with Gasteiger partial charge in [0.1, 0.15) is 17.4 Å². The molecule has 0 spiro atoms. The lowest BCUT2D eigenvalue weighted by Crippen LogP contribution is -2.36. The van der Waals surface area contributed by atoms with Crippen LogP contribution in [0, 0.1) is 17.6 Å². The quantitative estimate of drug-likeness (QED) is 0.462. The average molecular weight is 415 g/mol.